The fraction of sp³-hybridized carbons (Fsp3) is 1.00. The van der Waals surface area contributed by atoms with Crippen LogP contribution in [0.1, 0.15) is 6.92 Å². The largest absolute Gasteiger partial charge is 0.329 e. The highest BCUT2D eigenvalue weighted by atomic mass is 32.2. The molecule has 0 bridgehead atoms. The number of rotatable bonds is 5. The zero-order chi connectivity index (χ0) is 9.78. The first kappa shape index (κ1) is 11.7. The highest BCUT2D eigenvalue weighted by Gasteiger charge is 2.19. The summed E-state index contributed by atoms with van der Waals surface area (Å²) in [6.45, 7) is 0.416. The van der Waals surface area contributed by atoms with Gasteiger partial charge >= 0.3 is 0 Å². The molecule has 0 fully saturated rings. The molecule has 12 heavy (non-hydrogen) atoms. The van der Waals surface area contributed by atoms with Crippen molar-refractivity contribution in [2.24, 2.45) is 5.73 Å². The van der Waals surface area contributed by atoms with E-state index in [4.69, 9.17) is 5.73 Å². The first-order chi connectivity index (χ1) is 5.40. The van der Waals surface area contributed by atoms with Crippen molar-refractivity contribution in [3.05, 3.63) is 0 Å². The summed E-state index contributed by atoms with van der Waals surface area (Å²) in [6, 6.07) is 0. The van der Waals surface area contributed by atoms with Crippen LogP contribution >= 0.6 is 0 Å². The first-order valence-electron chi connectivity index (χ1n) is 3.37. The maximum absolute atomic E-state index is 11.6. The molecule has 0 rings (SSSR count). The van der Waals surface area contributed by atoms with Crippen LogP contribution in [-0.2, 0) is 10.0 Å². The van der Waals surface area contributed by atoms with E-state index in [1.807, 2.05) is 0 Å². The van der Waals surface area contributed by atoms with Gasteiger partial charge in [-0.2, -0.15) is 0 Å². The zero-order valence-electron chi connectivity index (χ0n) is 6.63. The summed E-state index contributed by atoms with van der Waals surface area (Å²) >= 11 is 0. The minimum atomic E-state index is -3.66. The summed E-state index contributed by atoms with van der Waals surface area (Å²) in [5, 5.41) is -0.837. The van der Waals surface area contributed by atoms with Crippen LogP contribution < -0.4 is 10.5 Å². The van der Waals surface area contributed by atoms with E-state index >= 15 is 0 Å². The Balaban J connectivity index is 4.06. The number of hydrogen-bond acceptors (Lipinski definition) is 3. The summed E-state index contributed by atoms with van der Waals surface area (Å²) in [4.78, 5) is 0. The Morgan fingerprint density at radius 3 is 2.33 bits per heavy atom. The molecular weight excluding hydrogens is 190 g/mol. The van der Waals surface area contributed by atoms with E-state index < -0.39 is 28.2 Å². The number of halogens is 2. The van der Waals surface area contributed by atoms with Gasteiger partial charge in [0.05, 0.1) is 11.8 Å². The number of alkyl halides is 2. The molecule has 1 unspecified atom stereocenters. The predicted octanol–water partition coefficient (Wildman–Crippen LogP) is -0.482. The first-order valence-corrected chi connectivity index (χ1v) is 4.91. The third-order valence-electron chi connectivity index (χ3n) is 1.30. The molecule has 3 N–H and O–H groups in total. The summed E-state index contributed by atoms with van der Waals surface area (Å²) in [6.07, 6.45) is -2.68. The standard InChI is InChI=1S/C5H12F2N2O2S/c1-4(2-8)12(10,11)9-3-5(6)7/h4-5,9H,2-3,8H2,1H3. The average molecular weight is 202 g/mol. The van der Waals surface area contributed by atoms with Crippen LogP contribution in [0.5, 0.6) is 0 Å². The van der Waals surface area contributed by atoms with Crippen LogP contribution in [0.15, 0.2) is 0 Å². The lowest BCUT2D eigenvalue weighted by Crippen LogP contribution is -2.39. The highest BCUT2D eigenvalue weighted by molar-refractivity contribution is 7.90. The molecule has 0 aromatic carbocycles. The fourth-order valence-electron chi connectivity index (χ4n) is 0.448. The number of nitrogens with one attached hydrogen (secondary N) is 1. The molecule has 0 aliphatic heterocycles. The topological polar surface area (TPSA) is 72.2 Å². The van der Waals surface area contributed by atoms with Gasteiger partial charge in [0.1, 0.15) is 0 Å². The van der Waals surface area contributed by atoms with Gasteiger partial charge in [-0.05, 0) is 6.92 Å². The molecule has 4 nitrogen and oxygen atoms in total. The van der Waals surface area contributed by atoms with Crippen molar-refractivity contribution in [3.8, 4) is 0 Å². The van der Waals surface area contributed by atoms with Crippen LogP contribution in [0.4, 0.5) is 8.78 Å². The molecular formula is C5H12F2N2O2S. The van der Waals surface area contributed by atoms with Crippen molar-refractivity contribution >= 4 is 10.0 Å². The maximum Gasteiger partial charge on any atom is 0.251 e. The molecule has 0 heterocycles. The Bertz CT molecular complexity index is 217. The van der Waals surface area contributed by atoms with Gasteiger partial charge in [-0.1, -0.05) is 0 Å². The van der Waals surface area contributed by atoms with Gasteiger partial charge in [0.25, 0.3) is 6.43 Å². The summed E-state index contributed by atoms with van der Waals surface area (Å²) < 4.78 is 46.8. The van der Waals surface area contributed by atoms with Crippen molar-refractivity contribution < 1.29 is 17.2 Å². The Morgan fingerprint density at radius 1 is 1.50 bits per heavy atom. The van der Waals surface area contributed by atoms with Crippen molar-refractivity contribution in [3.63, 3.8) is 0 Å². The molecule has 74 valence electrons. The molecule has 7 heteroatoms. The van der Waals surface area contributed by atoms with Gasteiger partial charge in [-0.15, -0.1) is 0 Å². The van der Waals surface area contributed by atoms with Crippen LogP contribution in [-0.4, -0.2) is 33.2 Å². The predicted molar refractivity (Wildman–Crippen MR) is 41.4 cm³/mol. The molecule has 0 saturated heterocycles. The third-order valence-corrected chi connectivity index (χ3v) is 3.12. The average Bonchev–Trinajstić information content (AvgIpc) is 1.99. The van der Waals surface area contributed by atoms with E-state index in [1.54, 1.807) is 4.72 Å². The molecule has 0 aromatic heterocycles. The smallest absolute Gasteiger partial charge is 0.251 e. The Hall–Kier alpha value is -0.270. The third kappa shape index (κ3) is 3.93. The molecule has 0 aliphatic rings. The van der Waals surface area contributed by atoms with Crippen molar-refractivity contribution in [2.45, 2.75) is 18.6 Å². The molecule has 0 radical (unpaired) electrons. The minimum Gasteiger partial charge on any atom is -0.329 e. The van der Waals surface area contributed by atoms with E-state index in [2.05, 4.69) is 0 Å². The number of sulfonamides is 1. The Morgan fingerprint density at radius 2 is 2.00 bits per heavy atom. The van der Waals surface area contributed by atoms with E-state index in [9.17, 15) is 17.2 Å². The second-order valence-corrected chi connectivity index (χ2v) is 4.51. The van der Waals surface area contributed by atoms with Crippen LogP contribution in [0.3, 0.4) is 0 Å². The lowest BCUT2D eigenvalue weighted by Gasteiger charge is -2.10. The van der Waals surface area contributed by atoms with Gasteiger partial charge in [-0.3, -0.25) is 0 Å². The second-order valence-electron chi connectivity index (χ2n) is 2.33. The fourth-order valence-corrected chi connectivity index (χ4v) is 1.34. The second kappa shape index (κ2) is 4.68. The van der Waals surface area contributed by atoms with E-state index in [1.165, 1.54) is 6.92 Å². The molecule has 0 aliphatic carbocycles. The van der Waals surface area contributed by atoms with Crippen molar-refractivity contribution in [2.75, 3.05) is 13.1 Å². The minimum absolute atomic E-state index is 0.0848. The van der Waals surface area contributed by atoms with Crippen LogP contribution in [0, 0.1) is 0 Å². The molecule has 0 aromatic rings. The van der Waals surface area contributed by atoms with E-state index in [-0.39, 0.29) is 6.54 Å². The monoisotopic (exact) mass is 202 g/mol. The molecule has 0 amide bonds. The van der Waals surface area contributed by atoms with Gasteiger partial charge < -0.3 is 5.73 Å². The molecule has 0 saturated carbocycles. The zero-order valence-corrected chi connectivity index (χ0v) is 7.44. The van der Waals surface area contributed by atoms with E-state index in [0.717, 1.165) is 0 Å². The normalized spacial score (nSPS) is 15.1. The summed E-state index contributed by atoms with van der Waals surface area (Å²) in [7, 11) is -3.66. The quantitative estimate of drug-likeness (QED) is 0.632. The molecule has 1 atom stereocenters. The summed E-state index contributed by atoms with van der Waals surface area (Å²) in [5.41, 5.74) is 5.06. The van der Waals surface area contributed by atoms with Crippen molar-refractivity contribution in [1.82, 2.24) is 4.72 Å². The van der Waals surface area contributed by atoms with E-state index in [0.29, 0.717) is 0 Å². The van der Waals surface area contributed by atoms with Gasteiger partial charge in [-0.25, -0.2) is 21.9 Å². The Kier molecular flexibility index (Phi) is 4.58. The highest BCUT2D eigenvalue weighted by Crippen LogP contribution is 1.97. The SMILES string of the molecule is CC(CN)S(=O)(=O)NCC(F)F. The number of nitrogens with two attached hydrogens (primary N) is 1. The van der Waals surface area contributed by atoms with Crippen LogP contribution in [0.2, 0.25) is 0 Å². The number of hydrogen-bond donors (Lipinski definition) is 2. The van der Waals surface area contributed by atoms with Crippen molar-refractivity contribution in [1.29, 1.82) is 0 Å². The lowest BCUT2D eigenvalue weighted by molar-refractivity contribution is 0.153. The van der Waals surface area contributed by atoms with Gasteiger partial charge in [0.2, 0.25) is 10.0 Å². The van der Waals surface area contributed by atoms with Crippen LogP contribution in [0.25, 0.3) is 0 Å². The maximum atomic E-state index is 11.6. The van der Waals surface area contributed by atoms with Gasteiger partial charge in [0.15, 0.2) is 0 Å². The van der Waals surface area contributed by atoms with Gasteiger partial charge in [0, 0.05) is 6.54 Å². The Labute approximate surface area is 70.2 Å². The summed E-state index contributed by atoms with van der Waals surface area (Å²) in [5.74, 6) is 0. The lowest BCUT2D eigenvalue weighted by atomic mass is 10.5. The molecule has 0 spiro atoms.